The minimum absolute atomic E-state index is 0.0298. The summed E-state index contributed by atoms with van der Waals surface area (Å²) in [4.78, 5) is 6.52. The second-order valence-corrected chi connectivity index (χ2v) is 5.72. The number of hydrogen-bond acceptors (Lipinski definition) is 6. The predicted octanol–water partition coefficient (Wildman–Crippen LogP) is 1.46. The highest BCUT2D eigenvalue weighted by Gasteiger charge is 2.27. The van der Waals surface area contributed by atoms with Crippen LogP contribution in [0.4, 0.5) is 11.4 Å². The lowest BCUT2D eigenvalue weighted by Gasteiger charge is -2.39. The van der Waals surface area contributed by atoms with Crippen molar-refractivity contribution in [1.82, 2.24) is 4.98 Å². The van der Waals surface area contributed by atoms with Gasteiger partial charge in [-0.25, -0.2) is 4.98 Å². The number of aliphatic hydroxyl groups is 1. The third-order valence-corrected chi connectivity index (χ3v) is 4.33. The standard InChI is InChI=1S/C13H17N3O2S/c1-8-6-18-9(5-17)4-16(8)10-2-3-11-13(12(10)14)15-7-19-11/h2-3,7-9,17H,4-6,14H2,1H3. The summed E-state index contributed by atoms with van der Waals surface area (Å²) >= 11 is 1.59. The van der Waals surface area contributed by atoms with E-state index in [0.717, 1.165) is 15.9 Å². The molecule has 1 aliphatic heterocycles. The summed E-state index contributed by atoms with van der Waals surface area (Å²) in [6.07, 6.45) is -0.151. The van der Waals surface area contributed by atoms with Gasteiger partial charge in [0.05, 0.1) is 40.9 Å². The number of morpholine rings is 1. The molecule has 5 nitrogen and oxygen atoms in total. The molecule has 1 saturated heterocycles. The molecule has 19 heavy (non-hydrogen) atoms. The molecule has 2 aromatic rings. The Labute approximate surface area is 115 Å². The van der Waals surface area contributed by atoms with Crippen molar-refractivity contribution in [2.75, 3.05) is 30.4 Å². The van der Waals surface area contributed by atoms with Crippen molar-refractivity contribution in [1.29, 1.82) is 0 Å². The smallest absolute Gasteiger partial charge is 0.106 e. The fraction of sp³-hybridized carbons (Fsp3) is 0.462. The summed E-state index contributed by atoms with van der Waals surface area (Å²) in [5.74, 6) is 0. The van der Waals surface area contributed by atoms with E-state index in [9.17, 15) is 5.11 Å². The molecule has 1 fully saturated rings. The molecule has 0 amide bonds. The lowest BCUT2D eigenvalue weighted by atomic mass is 10.1. The van der Waals surface area contributed by atoms with Crippen molar-refractivity contribution in [3.63, 3.8) is 0 Å². The maximum Gasteiger partial charge on any atom is 0.106 e. The quantitative estimate of drug-likeness (QED) is 0.814. The number of aromatic nitrogens is 1. The zero-order valence-corrected chi connectivity index (χ0v) is 11.6. The summed E-state index contributed by atoms with van der Waals surface area (Å²) in [7, 11) is 0. The van der Waals surface area contributed by atoms with E-state index in [4.69, 9.17) is 10.5 Å². The van der Waals surface area contributed by atoms with E-state index in [2.05, 4.69) is 22.9 Å². The molecule has 2 heterocycles. The lowest BCUT2D eigenvalue weighted by Crippen LogP contribution is -2.49. The number of nitrogens with zero attached hydrogens (tertiary/aromatic N) is 2. The van der Waals surface area contributed by atoms with E-state index in [1.54, 1.807) is 11.3 Å². The SMILES string of the molecule is CC1COC(CO)CN1c1ccc2scnc2c1N. The average Bonchev–Trinajstić information content (AvgIpc) is 2.90. The molecule has 0 saturated carbocycles. The Bertz CT molecular complexity index is 586. The first-order valence-electron chi connectivity index (χ1n) is 6.31. The molecule has 1 aromatic carbocycles. The van der Waals surface area contributed by atoms with Crippen LogP contribution in [0.5, 0.6) is 0 Å². The number of fused-ring (bicyclic) bond motifs is 1. The molecular formula is C13H17N3O2S. The van der Waals surface area contributed by atoms with Gasteiger partial charge in [-0.2, -0.15) is 0 Å². The van der Waals surface area contributed by atoms with E-state index in [1.807, 2.05) is 11.6 Å². The minimum Gasteiger partial charge on any atom is -0.395 e. The van der Waals surface area contributed by atoms with Crippen LogP contribution in [0, 0.1) is 0 Å². The van der Waals surface area contributed by atoms with Crippen molar-refractivity contribution in [3.8, 4) is 0 Å². The largest absolute Gasteiger partial charge is 0.395 e. The number of nitrogen functional groups attached to an aromatic ring is 1. The second kappa shape index (κ2) is 4.96. The van der Waals surface area contributed by atoms with Gasteiger partial charge in [0.15, 0.2) is 0 Å². The van der Waals surface area contributed by atoms with Gasteiger partial charge in [-0.05, 0) is 19.1 Å². The average molecular weight is 279 g/mol. The highest BCUT2D eigenvalue weighted by atomic mass is 32.1. The molecule has 0 radical (unpaired) electrons. The molecule has 2 atom stereocenters. The molecule has 3 N–H and O–H groups in total. The molecule has 3 rings (SSSR count). The second-order valence-electron chi connectivity index (χ2n) is 4.84. The van der Waals surface area contributed by atoms with Crippen LogP contribution in [0.2, 0.25) is 0 Å². The zero-order valence-electron chi connectivity index (χ0n) is 10.7. The van der Waals surface area contributed by atoms with Crippen molar-refractivity contribution in [3.05, 3.63) is 17.6 Å². The van der Waals surface area contributed by atoms with Crippen molar-refractivity contribution in [2.45, 2.75) is 19.1 Å². The summed E-state index contributed by atoms with van der Waals surface area (Å²) in [6.45, 7) is 3.37. The number of nitrogens with two attached hydrogens (primary N) is 1. The Hall–Kier alpha value is -1.37. The monoisotopic (exact) mass is 279 g/mol. The number of ether oxygens (including phenoxy) is 1. The molecule has 0 bridgehead atoms. The van der Waals surface area contributed by atoms with Gasteiger partial charge in [0.25, 0.3) is 0 Å². The van der Waals surface area contributed by atoms with E-state index < -0.39 is 0 Å². The van der Waals surface area contributed by atoms with E-state index in [0.29, 0.717) is 18.8 Å². The number of rotatable bonds is 2. The Morgan fingerprint density at radius 2 is 2.42 bits per heavy atom. The molecule has 6 heteroatoms. The van der Waals surface area contributed by atoms with Crippen LogP contribution in [-0.4, -0.2) is 42.0 Å². The highest BCUT2D eigenvalue weighted by molar-refractivity contribution is 7.16. The molecule has 0 spiro atoms. The predicted molar refractivity (Wildman–Crippen MR) is 77.7 cm³/mol. The first kappa shape index (κ1) is 12.7. The van der Waals surface area contributed by atoms with Gasteiger partial charge in [-0.1, -0.05) is 0 Å². The van der Waals surface area contributed by atoms with E-state index in [-0.39, 0.29) is 18.8 Å². The molecule has 2 unspecified atom stereocenters. The zero-order chi connectivity index (χ0) is 13.4. The summed E-state index contributed by atoms with van der Waals surface area (Å²) < 4.78 is 6.66. The van der Waals surface area contributed by atoms with Crippen LogP contribution in [0.3, 0.4) is 0 Å². The number of benzene rings is 1. The lowest BCUT2D eigenvalue weighted by molar-refractivity contribution is -0.0102. The van der Waals surface area contributed by atoms with Crippen LogP contribution in [0.25, 0.3) is 10.2 Å². The first-order valence-corrected chi connectivity index (χ1v) is 7.19. The van der Waals surface area contributed by atoms with Gasteiger partial charge in [0.1, 0.15) is 5.52 Å². The van der Waals surface area contributed by atoms with Crippen molar-refractivity contribution >= 4 is 32.9 Å². The normalized spacial score (nSPS) is 24.0. The molecule has 1 aromatic heterocycles. The maximum atomic E-state index is 9.26. The molecule has 1 aliphatic rings. The summed E-state index contributed by atoms with van der Waals surface area (Å²) in [6, 6.07) is 4.32. The number of anilines is 2. The van der Waals surface area contributed by atoms with Gasteiger partial charge in [-0.15, -0.1) is 11.3 Å². The van der Waals surface area contributed by atoms with Crippen molar-refractivity contribution < 1.29 is 9.84 Å². The van der Waals surface area contributed by atoms with Crippen LogP contribution in [-0.2, 0) is 4.74 Å². The molecule has 102 valence electrons. The minimum atomic E-state index is -0.151. The summed E-state index contributed by atoms with van der Waals surface area (Å²) in [5.41, 5.74) is 10.6. The molecular weight excluding hydrogens is 262 g/mol. The first-order chi connectivity index (χ1) is 9.20. The maximum absolute atomic E-state index is 9.26. The number of thiazole rings is 1. The number of hydrogen-bond donors (Lipinski definition) is 2. The summed E-state index contributed by atoms with van der Waals surface area (Å²) in [5, 5.41) is 9.26. The Kier molecular flexibility index (Phi) is 3.30. The Morgan fingerprint density at radius 1 is 1.58 bits per heavy atom. The van der Waals surface area contributed by atoms with Crippen LogP contribution >= 0.6 is 11.3 Å². The topological polar surface area (TPSA) is 71.6 Å². The van der Waals surface area contributed by atoms with Gasteiger partial charge in [0, 0.05) is 12.6 Å². The highest BCUT2D eigenvalue weighted by Crippen LogP contribution is 2.34. The third kappa shape index (κ3) is 2.16. The van der Waals surface area contributed by atoms with E-state index >= 15 is 0 Å². The van der Waals surface area contributed by atoms with Crippen LogP contribution < -0.4 is 10.6 Å². The fourth-order valence-corrected chi connectivity index (χ4v) is 3.15. The van der Waals surface area contributed by atoms with Gasteiger partial charge >= 0.3 is 0 Å². The molecule has 0 aliphatic carbocycles. The van der Waals surface area contributed by atoms with Gasteiger partial charge in [-0.3, -0.25) is 0 Å². The van der Waals surface area contributed by atoms with Crippen LogP contribution in [0.1, 0.15) is 6.92 Å². The van der Waals surface area contributed by atoms with Crippen molar-refractivity contribution in [2.24, 2.45) is 0 Å². The number of aliphatic hydroxyl groups excluding tert-OH is 1. The van der Waals surface area contributed by atoms with Gasteiger partial charge in [0.2, 0.25) is 0 Å². The van der Waals surface area contributed by atoms with Gasteiger partial charge < -0.3 is 20.5 Å². The Morgan fingerprint density at radius 3 is 3.21 bits per heavy atom. The third-order valence-electron chi connectivity index (χ3n) is 3.54. The fourth-order valence-electron chi connectivity index (χ4n) is 2.46. The van der Waals surface area contributed by atoms with Crippen LogP contribution in [0.15, 0.2) is 17.6 Å². The van der Waals surface area contributed by atoms with E-state index in [1.165, 1.54) is 0 Å². The Balaban J connectivity index is 1.99.